The van der Waals surface area contributed by atoms with Crippen molar-refractivity contribution in [2.75, 3.05) is 0 Å². The van der Waals surface area contributed by atoms with E-state index in [4.69, 9.17) is 46.4 Å². The molecule has 3 rings (SSSR count). The molecule has 0 heterocycles. The number of rotatable bonds is 7. The highest BCUT2D eigenvalue weighted by molar-refractivity contribution is 8.01. The van der Waals surface area contributed by atoms with E-state index in [1.807, 2.05) is 6.92 Å². The van der Waals surface area contributed by atoms with Gasteiger partial charge in [-0.15, -0.1) is 0 Å². The molecule has 0 N–H and O–H groups in total. The number of carbonyl (C=O) groups excluding carboxylic acids is 2. The lowest BCUT2D eigenvalue weighted by Gasteiger charge is -2.19. The minimum absolute atomic E-state index is 0.00150. The molecule has 0 saturated carbocycles. The number of carbonyl (C=O) groups is 2. The van der Waals surface area contributed by atoms with Crippen molar-refractivity contribution in [3.8, 4) is 0 Å². The van der Waals surface area contributed by atoms with Gasteiger partial charge in [-0.25, -0.2) is 0 Å². The minimum Gasteiger partial charge on any atom is -0.302 e. The third kappa shape index (κ3) is 4.62. The van der Waals surface area contributed by atoms with Crippen LogP contribution in [0.4, 0.5) is 0 Å². The van der Waals surface area contributed by atoms with E-state index in [-0.39, 0.29) is 36.5 Å². The zero-order valence-electron chi connectivity index (χ0n) is 16.4. The molecule has 0 amide bonds. The summed E-state index contributed by atoms with van der Waals surface area (Å²) in [6.45, 7) is 2.03. The standard InChI is InChI=1S/C23H17Cl4O3P/c1-2-5-14-10-12-15(13-11-14)31(30,22(28)20-16(24)6-3-7-17(20)25)23(29)21-18(26)8-4-9-19(21)27/h3-4,6-13H,2,5H2,1H3. The lowest BCUT2D eigenvalue weighted by atomic mass is 10.1. The maximum absolute atomic E-state index is 14.4. The molecule has 3 aromatic carbocycles. The number of halogens is 4. The van der Waals surface area contributed by atoms with E-state index in [9.17, 15) is 14.2 Å². The number of hydrogen-bond acceptors (Lipinski definition) is 3. The van der Waals surface area contributed by atoms with Gasteiger partial charge in [-0.3, -0.25) is 9.59 Å². The van der Waals surface area contributed by atoms with Gasteiger partial charge in [0.2, 0.25) is 18.2 Å². The molecule has 0 unspecified atom stereocenters. The third-order valence-electron chi connectivity index (χ3n) is 4.76. The molecule has 0 spiro atoms. The van der Waals surface area contributed by atoms with Gasteiger partial charge in [-0.05, 0) is 36.2 Å². The molecule has 0 atom stereocenters. The van der Waals surface area contributed by atoms with Gasteiger partial charge in [0.1, 0.15) is 0 Å². The molecule has 0 fully saturated rings. The molecular formula is C23H17Cl4O3P. The van der Waals surface area contributed by atoms with Crippen molar-refractivity contribution in [3.63, 3.8) is 0 Å². The van der Waals surface area contributed by atoms with Crippen LogP contribution in [0.15, 0.2) is 60.7 Å². The van der Waals surface area contributed by atoms with Gasteiger partial charge in [0, 0.05) is 5.30 Å². The van der Waals surface area contributed by atoms with E-state index in [2.05, 4.69) is 0 Å². The predicted molar refractivity (Wildman–Crippen MR) is 129 cm³/mol. The van der Waals surface area contributed by atoms with Crippen molar-refractivity contribution in [2.24, 2.45) is 0 Å². The predicted octanol–water partition coefficient (Wildman–Crippen LogP) is 7.92. The van der Waals surface area contributed by atoms with Crippen LogP contribution in [0.25, 0.3) is 0 Å². The Morgan fingerprint density at radius 1 is 0.710 bits per heavy atom. The SMILES string of the molecule is CCCc1ccc(P(=O)(C(=O)c2c(Cl)cccc2Cl)C(=O)c2c(Cl)cccc2Cl)cc1. The Bertz CT molecular complexity index is 1100. The van der Waals surface area contributed by atoms with Gasteiger partial charge in [-0.1, -0.05) is 96.1 Å². The second-order valence-electron chi connectivity index (χ2n) is 6.83. The minimum atomic E-state index is -4.46. The van der Waals surface area contributed by atoms with Crippen LogP contribution in [0.2, 0.25) is 20.1 Å². The van der Waals surface area contributed by atoms with Crippen molar-refractivity contribution < 1.29 is 14.2 Å². The molecule has 3 aromatic rings. The summed E-state index contributed by atoms with van der Waals surface area (Å²) in [7, 11) is -4.46. The molecule has 31 heavy (non-hydrogen) atoms. The van der Waals surface area contributed by atoms with Gasteiger partial charge in [-0.2, -0.15) is 0 Å². The van der Waals surface area contributed by atoms with Crippen LogP contribution < -0.4 is 5.30 Å². The molecule has 0 saturated heterocycles. The van der Waals surface area contributed by atoms with Crippen molar-refractivity contribution in [2.45, 2.75) is 19.8 Å². The van der Waals surface area contributed by atoms with Crippen LogP contribution in [0.1, 0.15) is 39.6 Å². The fourth-order valence-corrected chi connectivity index (χ4v) is 6.94. The number of hydrogen-bond donors (Lipinski definition) is 0. The van der Waals surface area contributed by atoms with Gasteiger partial charge >= 0.3 is 0 Å². The topological polar surface area (TPSA) is 51.2 Å². The normalized spacial score (nSPS) is 11.4. The molecule has 0 bridgehead atoms. The third-order valence-corrected chi connectivity index (χ3v) is 8.64. The van der Waals surface area contributed by atoms with E-state index in [1.165, 1.54) is 36.4 Å². The van der Waals surface area contributed by atoms with Crippen LogP contribution in [0, 0.1) is 0 Å². The zero-order chi connectivity index (χ0) is 22.8. The summed E-state index contributed by atoms with van der Waals surface area (Å²) in [5, 5.41) is 0.0582. The van der Waals surface area contributed by atoms with Gasteiger partial charge in [0.15, 0.2) is 0 Å². The summed E-state index contributed by atoms with van der Waals surface area (Å²) >= 11 is 24.8. The maximum atomic E-state index is 14.4. The smallest absolute Gasteiger partial charge is 0.248 e. The fourth-order valence-electron chi connectivity index (χ4n) is 3.21. The Hall–Kier alpha value is -1.61. The summed E-state index contributed by atoms with van der Waals surface area (Å²) in [5.74, 6) is 0. The highest BCUT2D eigenvalue weighted by Crippen LogP contribution is 2.54. The molecule has 160 valence electrons. The molecule has 0 aliphatic heterocycles. The first-order chi connectivity index (χ1) is 14.7. The first kappa shape index (κ1) is 24.0. The molecule has 8 heteroatoms. The second kappa shape index (κ2) is 9.90. The molecule has 3 nitrogen and oxygen atoms in total. The van der Waals surface area contributed by atoms with Gasteiger partial charge in [0.25, 0.3) is 0 Å². The summed E-state index contributed by atoms with van der Waals surface area (Å²) in [4.78, 5) is 27.2. The fraction of sp³-hybridized carbons (Fsp3) is 0.130. The highest BCUT2D eigenvalue weighted by atomic mass is 35.5. The Kier molecular flexibility index (Phi) is 7.68. The lowest BCUT2D eigenvalue weighted by molar-refractivity contribution is 0.104. The van der Waals surface area contributed by atoms with E-state index in [1.54, 1.807) is 24.3 Å². The van der Waals surface area contributed by atoms with Crippen molar-refractivity contribution in [1.82, 2.24) is 0 Å². The largest absolute Gasteiger partial charge is 0.302 e. The van der Waals surface area contributed by atoms with Crippen LogP contribution in [-0.2, 0) is 11.0 Å². The molecular weight excluding hydrogens is 497 g/mol. The van der Waals surface area contributed by atoms with Gasteiger partial charge in [0.05, 0.1) is 31.2 Å². The van der Waals surface area contributed by atoms with E-state index >= 15 is 0 Å². The summed E-state index contributed by atoms with van der Waals surface area (Å²) < 4.78 is 14.4. The van der Waals surface area contributed by atoms with E-state index < -0.39 is 18.2 Å². The number of benzene rings is 3. The van der Waals surface area contributed by atoms with E-state index in [0.29, 0.717) is 0 Å². The molecule has 0 radical (unpaired) electrons. The first-order valence-corrected chi connectivity index (χ1v) is 12.6. The molecule has 0 aromatic heterocycles. The average molecular weight is 514 g/mol. The molecule has 0 aliphatic rings. The van der Waals surface area contributed by atoms with Crippen LogP contribution in [0.3, 0.4) is 0 Å². The lowest BCUT2D eigenvalue weighted by Crippen LogP contribution is -2.21. The average Bonchev–Trinajstić information content (AvgIpc) is 2.73. The van der Waals surface area contributed by atoms with E-state index in [0.717, 1.165) is 18.4 Å². The molecule has 0 aliphatic carbocycles. The summed E-state index contributed by atoms with van der Waals surface area (Å²) in [5.41, 5.74) is -1.30. The van der Waals surface area contributed by atoms with Crippen LogP contribution in [-0.4, -0.2) is 11.0 Å². The maximum Gasteiger partial charge on any atom is 0.248 e. The van der Waals surface area contributed by atoms with Crippen LogP contribution >= 0.6 is 53.5 Å². The summed E-state index contributed by atoms with van der Waals surface area (Å²) in [6, 6.07) is 15.4. The van der Waals surface area contributed by atoms with Crippen molar-refractivity contribution in [1.29, 1.82) is 0 Å². The second-order valence-corrected chi connectivity index (χ2v) is 11.0. The zero-order valence-corrected chi connectivity index (χ0v) is 20.3. The quantitative estimate of drug-likeness (QED) is 0.301. The number of aryl methyl sites for hydroxylation is 1. The van der Waals surface area contributed by atoms with Crippen molar-refractivity contribution in [3.05, 3.63) is 97.4 Å². The Morgan fingerprint density at radius 3 is 1.45 bits per heavy atom. The Morgan fingerprint density at radius 2 is 1.10 bits per heavy atom. The van der Waals surface area contributed by atoms with Gasteiger partial charge < -0.3 is 4.57 Å². The Balaban J connectivity index is 2.27. The first-order valence-electron chi connectivity index (χ1n) is 9.39. The highest BCUT2D eigenvalue weighted by Gasteiger charge is 2.45. The summed E-state index contributed by atoms with van der Waals surface area (Å²) in [6.07, 6.45) is 1.72. The monoisotopic (exact) mass is 512 g/mol. The van der Waals surface area contributed by atoms with Crippen molar-refractivity contribution >= 4 is 69.9 Å². The van der Waals surface area contributed by atoms with Crippen LogP contribution in [0.5, 0.6) is 0 Å². The Labute approximate surface area is 200 Å².